The van der Waals surface area contributed by atoms with Gasteiger partial charge in [0.25, 0.3) is 5.91 Å². The summed E-state index contributed by atoms with van der Waals surface area (Å²) in [7, 11) is 0. The number of nitrogens with zero attached hydrogens (tertiary/aromatic N) is 2. The molecule has 0 N–H and O–H groups in total. The Kier molecular flexibility index (Phi) is 3.94. The van der Waals surface area contributed by atoms with Crippen molar-refractivity contribution in [2.75, 3.05) is 0 Å². The molecule has 2 aromatic rings. The van der Waals surface area contributed by atoms with Gasteiger partial charge in [0.1, 0.15) is 0 Å². The summed E-state index contributed by atoms with van der Waals surface area (Å²) in [5.74, 6) is -0.272. The summed E-state index contributed by atoms with van der Waals surface area (Å²) in [4.78, 5) is 13.4. The van der Waals surface area contributed by atoms with E-state index in [-0.39, 0.29) is 5.91 Å². The van der Waals surface area contributed by atoms with Gasteiger partial charge in [-0.2, -0.15) is 5.26 Å². The van der Waals surface area contributed by atoms with Gasteiger partial charge in [0.05, 0.1) is 6.54 Å². The van der Waals surface area contributed by atoms with Gasteiger partial charge in [0, 0.05) is 5.56 Å². The molecule has 0 atom stereocenters. The third-order valence-corrected chi connectivity index (χ3v) is 2.85. The van der Waals surface area contributed by atoms with Gasteiger partial charge >= 0.3 is 0 Å². The molecule has 0 spiro atoms. The van der Waals surface area contributed by atoms with E-state index < -0.39 is 0 Å². The molecule has 94 valence electrons. The van der Waals surface area contributed by atoms with Crippen molar-refractivity contribution in [2.24, 2.45) is 0 Å². The van der Waals surface area contributed by atoms with Crippen LogP contribution in [0, 0.1) is 18.4 Å². The third-order valence-electron chi connectivity index (χ3n) is 2.85. The molecule has 0 aliphatic heterocycles. The predicted molar refractivity (Wildman–Crippen MR) is 73.1 cm³/mol. The first-order valence-electron chi connectivity index (χ1n) is 6.03. The van der Waals surface area contributed by atoms with Gasteiger partial charge in [-0.1, -0.05) is 48.0 Å². The van der Waals surface area contributed by atoms with Crippen LogP contribution >= 0.6 is 0 Å². The van der Waals surface area contributed by atoms with Crippen molar-refractivity contribution < 1.29 is 4.79 Å². The Morgan fingerprint density at radius 3 is 2.32 bits per heavy atom. The van der Waals surface area contributed by atoms with Crippen molar-refractivity contribution in [1.82, 2.24) is 4.90 Å². The molecule has 3 nitrogen and oxygen atoms in total. The number of nitriles is 1. The number of carbonyl (C=O) groups is 1. The first-order chi connectivity index (χ1) is 9.20. The fraction of sp³-hybridized carbons (Fsp3) is 0.125. The maximum Gasteiger partial charge on any atom is 0.267 e. The van der Waals surface area contributed by atoms with Crippen LogP contribution in [0.15, 0.2) is 54.6 Å². The molecule has 0 aromatic heterocycles. The fourth-order valence-electron chi connectivity index (χ4n) is 1.77. The minimum absolute atomic E-state index is 0.272. The minimum Gasteiger partial charge on any atom is -0.268 e. The molecule has 0 bridgehead atoms. The second-order valence-corrected chi connectivity index (χ2v) is 4.34. The highest BCUT2D eigenvalue weighted by Crippen LogP contribution is 2.10. The summed E-state index contributed by atoms with van der Waals surface area (Å²) >= 11 is 0. The zero-order valence-corrected chi connectivity index (χ0v) is 10.7. The highest BCUT2D eigenvalue weighted by molar-refractivity contribution is 5.95. The molecule has 0 unspecified atom stereocenters. The summed E-state index contributed by atoms with van der Waals surface area (Å²) in [6.07, 6.45) is 1.95. The van der Waals surface area contributed by atoms with E-state index in [0.29, 0.717) is 12.1 Å². The maximum atomic E-state index is 12.2. The van der Waals surface area contributed by atoms with Crippen LogP contribution in [0.5, 0.6) is 0 Å². The lowest BCUT2D eigenvalue weighted by Gasteiger charge is -2.13. The molecule has 3 heteroatoms. The van der Waals surface area contributed by atoms with Crippen molar-refractivity contribution in [3.63, 3.8) is 0 Å². The summed E-state index contributed by atoms with van der Waals surface area (Å²) in [6.45, 7) is 2.25. The highest BCUT2D eigenvalue weighted by atomic mass is 16.2. The monoisotopic (exact) mass is 250 g/mol. The molecule has 19 heavy (non-hydrogen) atoms. The Balaban J connectivity index is 2.16. The van der Waals surface area contributed by atoms with E-state index in [4.69, 9.17) is 5.26 Å². The normalized spacial score (nSPS) is 9.68. The predicted octanol–water partition coefficient (Wildman–Crippen LogP) is 3.12. The van der Waals surface area contributed by atoms with E-state index in [1.165, 1.54) is 4.90 Å². The topological polar surface area (TPSA) is 44.1 Å². The van der Waals surface area contributed by atoms with Crippen LogP contribution in [0.4, 0.5) is 0 Å². The molecular weight excluding hydrogens is 236 g/mol. The van der Waals surface area contributed by atoms with E-state index in [1.54, 1.807) is 12.1 Å². The Labute approximate surface area is 112 Å². The van der Waals surface area contributed by atoms with E-state index in [0.717, 1.165) is 11.1 Å². The number of benzene rings is 2. The van der Waals surface area contributed by atoms with Crippen LogP contribution in [0.25, 0.3) is 0 Å². The van der Waals surface area contributed by atoms with Gasteiger partial charge < -0.3 is 0 Å². The first-order valence-corrected chi connectivity index (χ1v) is 6.03. The SMILES string of the molecule is Cc1ccc(C(=O)N(C#N)Cc2ccccc2)cc1. The molecule has 0 radical (unpaired) electrons. The van der Waals surface area contributed by atoms with Gasteiger partial charge in [0.2, 0.25) is 0 Å². The Morgan fingerprint density at radius 1 is 1.11 bits per heavy atom. The summed E-state index contributed by atoms with van der Waals surface area (Å²) in [5, 5.41) is 9.13. The summed E-state index contributed by atoms with van der Waals surface area (Å²) in [5.41, 5.74) is 2.55. The van der Waals surface area contributed by atoms with Crippen molar-refractivity contribution in [1.29, 1.82) is 5.26 Å². The molecule has 1 amide bonds. The third kappa shape index (κ3) is 3.20. The van der Waals surface area contributed by atoms with Crippen LogP contribution < -0.4 is 0 Å². The maximum absolute atomic E-state index is 12.2. The second kappa shape index (κ2) is 5.83. The molecular formula is C16H14N2O. The lowest BCUT2D eigenvalue weighted by Crippen LogP contribution is -2.25. The Bertz CT molecular complexity index is 597. The Morgan fingerprint density at radius 2 is 1.74 bits per heavy atom. The number of amides is 1. The molecule has 0 saturated heterocycles. The number of hydrogen-bond donors (Lipinski definition) is 0. The smallest absolute Gasteiger partial charge is 0.267 e. The fourth-order valence-corrected chi connectivity index (χ4v) is 1.77. The second-order valence-electron chi connectivity index (χ2n) is 4.34. The largest absolute Gasteiger partial charge is 0.268 e. The van der Waals surface area contributed by atoms with Gasteiger partial charge in [-0.15, -0.1) is 0 Å². The van der Waals surface area contributed by atoms with Gasteiger partial charge in [-0.05, 0) is 24.6 Å². The van der Waals surface area contributed by atoms with Gasteiger partial charge in [-0.3, -0.25) is 4.79 Å². The average Bonchev–Trinajstić information content (AvgIpc) is 2.46. The number of hydrogen-bond acceptors (Lipinski definition) is 2. The van der Waals surface area contributed by atoms with Crippen molar-refractivity contribution in [3.05, 3.63) is 71.3 Å². The summed E-state index contributed by atoms with van der Waals surface area (Å²) in [6, 6.07) is 16.7. The van der Waals surface area contributed by atoms with Crippen molar-refractivity contribution in [3.8, 4) is 6.19 Å². The van der Waals surface area contributed by atoms with Crippen molar-refractivity contribution in [2.45, 2.75) is 13.5 Å². The van der Waals surface area contributed by atoms with Gasteiger partial charge in [-0.25, -0.2) is 4.90 Å². The molecule has 0 fully saturated rings. The van der Waals surface area contributed by atoms with Crippen LogP contribution in [0.3, 0.4) is 0 Å². The molecule has 0 heterocycles. The Hall–Kier alpha value is -2.60. The number of aryl methyl sites for hydroxylation is 1. The number of carbonyl (C=O) groups excluding carboxylic acids is 1. The quantitative estimate of drug-likeness (QED) is 0.620. The van der Waals surface area contributed by atoms with Crippen LogP contribution in [0.1, 0.15) is 21.5 Å². The molecule has 0 aliphatic rings. The average molecular weight is 250 g/mol. The van der Waals surface area contributed by atoms with Crippen LogP contribution in [0.2, 0.25) is 0 Å². The molecule has 2 aromatic carbocycles. The van der Waals surface area contributed by atoms with E-state index in [9.17, 15) is 4.79 Å². The van der Waals surface area contributed by atoms with Crippen LogP contribution in [-0.2, 0) is 6.54 Å². The minimum atomic E-state index is -0.272. The summed E-state index contributed by atoms with van der Waals surface area (Å²) < 4.78 is 0. The zero-order chi connectivity index (χ0) is 13.7. The van der Waals surface area contributed by atoms with Crippen LogP contribution in [-0.4, -0.2) is 10.8 Å². The van der Waals surface area contributed by atoms with E-state index in [1.807, 2.05) is 55.6 Å². The highest BCUT2D eigenvalue weighted by Gasteiger charge is 2.15. The molecule has 2 rings (SSSR count). The molecule has 0 saturated carbocycles. The molecule has 0 aliphatic carbocycles. The first kappa shape index (κ1) is 12.8. The van der Waals surface area contributed by atoms with E-state index in [2.05, 4.69) is 0 Å². The zero-order valence-electron chi connectivity index (χ0n) is 10.7. The number of rotatable bonds is 3. The van der Waals surface area contributed by atoms with E-state index >= 15 is 0 Å². The van der Waals surface area contributed by atoms with Crippen molar-refractivity contribution >= 4 is 5.91 Å². The lowest BCUT2D eigenvalue weighted by atomic mass is 10.1. The lowest BCUT2D eigenvalue weighted by molar-refractivity contribution is 0.0824. The standard InChI is InChI=1S/C16H14N2O/c1-13-7-9-15(10-8-13)16(19)18(12-17)11-14-5-3-2-4-6-14/h2-10H,11H2,1H3. The van der Waals surface area contributed by atoms with Gasteiger partial charge in [0.15, 0.2) is 6.19 Å².